The summed E-state index contributed by atoms with van der Waals surface area (Å²) in [5, 5.41) is 6.71. The molecule has 2 aromatic rings. The zero-order valence-corrected chi connectivity index (χ0v) is 16.4. The number of hydrogen-bond acceptors (Lipinski definition) is 4. The molecule has 0 spiro atoms. The van der Waals surface area contributed by atoms with Crippen molar-refractivity contribution in [3.05, 3.63) is 29.6 Å². The Hall–Kier alpha value is -1.59. The van der Waals surface area contributed by atoms with Crippen molar-refractivity contribution in [1.82, 2.24) is 10.2 Å². The first-order valence-electron chi connectivity index (χ1n) is 9.96. The maximum atomic E-state index is 11.4. The Morgan fingerprint density at radius 1 is 1.19 bits per heavy atom. The molecule has 0 unspecified atom stereocenters. The topological polar surface area (TPSA) is 35.6 Å². The van der Waals surface area contributed by atoms with Crippen LogP contribution in [-0.4, -0.2) is 49.6 Å². The van der Waals surface area contributed by atoms with Gasteiger partial charge in [0.05, 0.1) is 0 Å². The first kappa shape index (κ1) is 17.8. The van der Waals surface area contributed by atoms with Gasteiger partial charge in [-0.1, -0.05) is 13.0 Å². The summed E-state index contributed by atoms with van der Waals surface area (Å²) in [6.45, 7) is 7.68. The summed E-state index contributed by atoms with van der Waals surface area (Å²) in [6.07, 6.45) is 4.22. The van der Waals surface area contributed by atoms with Crippen LogP contribution in [0.3, 0.4) is 0 Å². The molecule has 26 heavy (non-hydrogen) atoms. The summed E-state index contributed by atoms with van der Waals surface area (Å²) in [5.74, 6) is 1.000. The van der Waals surface area contributed by atoms with Gasteiger partial charge in [-0.3, -0.25) is 9.69 Å². The lowest BCUT2D eigenvalue weighted by Gasteiger charge is -2.39. The van der Waals surface area contributed by atoms with Crippen LogP contribution >= 0.6 is 11.3 Å². The SMILES string of the molecule is CCC(=O)N[C@H]1C[C@H](CCN2CCN(c3cccc4sccc34)CC2)C1. The maximum Gasteiger partial charge on any atom is 0.219 e. The van der Waals surface area contributed by atoms with E-state index in [1.807, 2.05) is 18.3 Å². The zero-order chi connectivity index (χ0) is 17.9. The number of hydrogen-bond donors (Lipinski definition) is 1. The van der Waals surface area contributed by atoms with E-state index in [0.29, 0.717) is 12.5 Å². The second kappa shape index (κ2) is 7.97. The van der Waals surface area contributed by atoms with Gasteiger partial charge in [-0.25, -0.2) is 0 Å². The van der Waals surface area contributed by atoms with Crippen molar-refractivity contribution in [3.8, 4) is 0 Å². The lowest BCUT2D eigenvalue weighted by atomic mass is 9.78. The quantitative estimate of drug-likeness (QED) is 0.841. The summed E-state index contributed by atoms with van der Waals surface area (Å²) < 4.78 is 1.39. The standard InChI is InChI=1S/C21H29N3OS/c1-2-21(25)22-17-14-16(15-17)6-8-23-9-11-24(12-10-23)19-4-3-5-20-18(19)7-13-26-20/h3-5,7,13,16-17H,2,6,8-12,14-15H2,1H3,(H,22,25)/t16-,17-. The van der Waals surface area contributed by atoms with Crippen molar-refractivity contribution in [2.24, 2.45) is 5.92 Å². The van der Waals surface area contributed by atoms with Crippen LogP contribution in [0.25, 0.3) is 10.1 Å². The van der Waals surface area contributed by atoms with Gasteiger partial charge < -0.3 is 10.2 Å². The number of thiophene rings is 1. The second-order valence-electron chi connectivity index (χ2n) is 7.68. The van der Waals surface area contributed by atoms with Crippen molar-refractivity contribution in [1.29, 1.82) is 0 Å². The van der Waals surface area contributed by atoms with Crippen LogP contribution in [0.15, 0.2) is 29.6 Å². The number of piperazine rings is 1. The maximum absolute atomic E-state index is 11.4. The van der Waals surface area contributed by atoms with Crippen molar-refractivity contribution >= 4 is 33.0 Å². The highest BCUT2D eigenvalue weighted by atomic mass is 32.1. The van der Waals surface area contributed by atoms with Crippen LogP contribution in [0.5, 0.6) is 0 Å². The van der Waals surface area contributed by atoms with E-state index in [0.717, 1.165) is 32.1 Å². The molecule has 1 aliphatic heterocycles. The number of fused-ring (bicyclic) bond motifs is 1. The average Bonchev–Trinajstić information content (AvgIpc) is 3.12. The van der Waals surface area contributed by atoms with Crippen LogP contribution in [-0.2, 0) is 4.79 Å². The van der Waals surface area contributed by atoms with Crippen molar-refractivity contribution in [2.75, 3.05) is 37.6 Å². The van der Waals surface area contributed by atoms with E-state index in [-0.39, 0.29) is 5.91 Å². The number of benzene rings is 1. The highest BCUT2D eigenvalue weighted by molar-refractivity contribution is 7.17. The molecule has 2 fully saturated rings. The fraction of sp³-hybridized carbons (Fsp3) is 0.571. The predicted octanol–water partition coefficient (Wildman–Crippen LogP) is 3.72. The summed E-state index contributed by atoms with van der Waals surface area (Å²) in [4.78, 5) is 16.6. The fourth-order valence-electron chi connectivity index (χ4n) is 4.25. The predicted molar refractivity (Wildman–Crippen MR) is 110 cm³/mol. The van der Waals surface area contributed by atoms with E-state index < -0.39 is 0 Å². The molecular weight excluding hydrogens is 342 g/mol. The van der Waals surface area contributed by atoms with Crippen LogP contribution in [0, 0.1) is 5.92 Å². The highest BCUT2D eigenvalue weighted by Crippen LogP contribution is 2.32. The van der Waals surface area contributed by atoms with E-state index in [1.54, 1.807) is 0 Å². The van der Waals surface area contributed by atoms with Crippen molar-refractivity contribution < 1.29 is 4.79 Å². The first-order chi connectivity index (χ1) is 12.7. The Morgan fingerprint density at radius 2 is 2.00 bits per heavy atom. The lowest BCUT2D eigenvalue weighted by Crippen LogP contribution is -2.48. The summed E-state index contributed by atoms with van der Waals surface area (Å²) in [6, 6.07) is 9.37. The largest absolute Gasteiger partial charge is 0.368 e. The molecular formula is C21H29N3OS. The number of carbonyl (C=O) groups is 1. The van der Waals surface area contributed by atoms with Gasteiger partial charge >= 0.3 is 0 Å². The Labute approximate surface area is 160 Å². The Bertz CT molecular complexity index is 745. The molecule has 4 nitrogen and oxygen atoms in total. The van der Waals surface area contributed by atoms with Gasteiger partial charge in [0.25, 0.3) is 0 Å². The summed E-state index contributed by atoms with van der Waals surface area (Å²) in [7, 11) is 0. The zero-order valence-electron chi connectivity index (χ0n) is 15.6. The van der Waals surface area contributed by atoms with Crippen LogP contribution in [0.1, 0.15) is 32.6 Å². The Morgan fingerprint density at radius 3 is 2.77 bits per heavy atom. The minimum atomic E-state index is 0.199. The number of nitrogens with zero attached hydrogens (tertiary/aromatic N) is 2. The molecule has 0 radical (unpaired) electrons. The third-order valence-corrected chi connectivity index (χ3v) is 6.84. The molecule has 0 atom stereocenters. The van der Waals surface area contributed by atoms with Gasteiger partial charge in [0.2, 0.25) is 5.91 Å². The third kappa shape index (κ3) is 3.89. The number of nitrogens with one attached hydrogen (secondary N) is 1. The Kier molecular flexibility index (Phi) is 5.46. The molecule has 1 saturated heterocycles. The molecule has 4 rings (SSSR count). The lowest BCUT2D eigenvalue weighted by molar-refractivity contribution is -0.122. The van der Waals surface area contributed by atoms with Gasteiger partial charge in [0.15, 0.2) is 0 Å². The van der Waals surface area contributed by atoms with Gasteiger partial charge in [-0.05, 0) is 55.3 Å². The van der Waals surface area contributed by atoms with Crippen LogP contribution in [0.2, 0.25) is 0 Å². The molecule has 1 saturated carbocycles. The van der Waals surface area contributed by atoms with Crippen molar-refractivity contribution in [2.45, 2.75) is 38.6 Å². The Balaban J connectivity index is 1.20. The monoisotopic (exact) mass is 371 g/mol. The highest BCUT2D eigenvalue weighted by Gasteiger charge is 2.30. The van der Waals surface area contributed by atoms with E-state index in [1.165, 1.54) is 41.6 Å². The smallest absolute Gasteiger partial charge is 0.219 e. The first-order valence-corrected chi connectivity index (χ1v) is 10.8. The molecule has 1 aromatic heterocycles. The molecule has 2 heterocycles. The van der Waals surface area contributed by atoms with E-state index in [9.17, 15) is 4.79 Å². The molecule has 5 heteroatoms. The van der Waals surface area contributed by atoms with Gasteiger partial charge in [-0.2, -0.15) is 0 Å². The second-order valence-corrected chi connectivity index (χ2v) is 8.63. The molecule has 1 amide bonds. The molecule has 2 aliphatic rings. The van der Waals surface area contributed by atoms with E-state index in [2.05, 4.69) is 44.8 Å². The normalized spacial score (nSPS) is 23.8. The fourth-order valence-corrected chi connectivity index (χ4v) is 5.06. The summed E-state index contributed by atoms with van der Waals surface area (Å²) >= 11 is 1.83. The molecule has 0 bridgehead atoms. The number of rotatable bonds is 6. The van der Waals surface area contributed by atoms with Gasteiger partial charge in [0.1, 0.15) is 0 Å². The molecule has 1 aliphatic carbocycles. The molecule has 1 aromatic carbocycles. The molecule has 1 N–H and O–H groups in total. The number of carbonyl (C=O) groups excluding carboxylic acids is 1. The molecule has 140 valence electrons. The van der Waals surface area contributed by atoms with Gasteiger partial charge in [0, 0.05) is 54.4 Å². The van der Waals surface area contributed by atoms with E-state index >= 15 is 0 Å². The minimum absolute atomic E-state index is 0.199. The average molecular weight is 372 g/mol. The van der Waals surface area contributed by atoms with Gasteiger partial charge in [-0.15, -0.1) is 11.3 Å². The third-order valence-electron chi connectivity index (χ3n) is 5.96. The van der Waals surface area contributed by atoms with E-state index in [4.69, 9.17) is 0 Å². The summed E-state index contributed by atoms with van der Waals surface area (Å²) in [5.41, 5.74) is 1.40. The number of anilines is 1. The van der Waals surface area contributed by atoms with Crippen molar-refractivity contribution in [3.63, 3.8) is 0 Å². The minimum Gasteiger partial charge on any atom is -0.368 e. The van der Waals surface area contributed by atoms with Crippen LogP contribution < -0.4 is 10.2 Å². The number of amides is 1. The van der Waals surface area contributed by atoms with Crippen LogP contribution in [0.4, 0.5) is 5.69 Å².